The van der Waals surface area contributed by atoms with Crippen LogP contribution in [0.1, 0.15) is 51.9 Å². The van der Waals surface area contributed by atoms with Crippen LogP contribution in [-0.4, -0.2) is 18.9 Å². The normalized spacial score (nSPS) is 15.7. The summed E-state index contributed by atoms with van der Waals surface area (Å²) in [7, 11) is 1.61. The van der Waals surface area contributed by atoms with E-state index in [1.54, 1.807) is 18.4 Å². The molecular formula is C21H26N2O3S. The molecule has 2 N–H and O–H groups in total. The predicted molar refractivity (Wildman–Crippen MR) is 107 cm³/mol. The first kappa shape index (κ1) is 19.4. The molecule has 5 nitrogen and oxygen atoms in total. The Bertz CT molecular complexity index is 816. The van der Waals surface area contributed by atoms with E-state index in [-0.39, 0.29) is 18.2 Å². The zero-order chi connectivity index (χ0) is 19.2. The lowest BCUT2D eigenvalue weighted by molar-refractivity contribution is -0.121. The zero-order valence-corrected chi connectivity index (χ0v) is 16.7. The van der Waals surface area contributed by atoms with Gasteiger partial charge in [-0.2, -0.15) is 0 Å². The van der Waals surface area contributed by atoms with E-state index in [0.717, 1.165) is 30.1 Å². The second-order valence-electron chi connectivity index (χ2n) is 6.89. The first-order valence-electron chi connectivity index (χ1n) is 9.43. The van der Waals surface area contributed by atoms with Crippen LogP contribution in [0.15, 0.2) is 30.3 Å². The van der Waals surface area contributed by atoms with Crippen molar-refractivity contribution in [3.63, 3.8) is 0 Å². The Balaban J connectivity index is 1.49. The molecule has 0 spiro atoms. The second kappa shape index (κ2) is 9.04. The molecule has 27 heavy (non-hydrogen) atoms. The van der Waals surface area contributed by atoms with Gasteiger partial charge in [0.05, 0.1) is 12.0 Å². The first-order valence-corrected chi connectivity index (χ1v) is 10.2. The maximum absolute atomic E-state index is 12.4. The number of benzene rings is 1. The highest BCUT2D eigenvalue weighted by Gasteiger charge is 2.22. The molecule has 0 fully saturated rings. The summed E-state index contributed by atoms with van der Waals surface area (Å²) >= 11 is 1.54. The van der Waals surface area contributed by atoms with E-state index in [9.17, 15) is 9.59 Å². The molecule has 0 saturated carbocycles. The molecule has 0 radical (unpaired) electrons. The molecule has 144 valence electrons. The molecule has 1 aliphatic carbocycles. The first-order chi connectivity index (χ1) is 13.1. The molecule has 3 rings (SSSR count). The quantitative estimate of drug-likeness (QED) is 0.745. The van der Waals surface area contributed by atoms with E-state index in [0.29, 0.717) is 11.3 Å². The number of fused-ring (bicyclic) bond motifs is 1. The number of rotatable bonds is 6. The average molecular weight is 387 g/mol. The zero-order valence-electron chi connectivity index (χ0n) is 15.8. The maximum atomic E-state index is 12.4. The van der Waals surface area contributed by atoms with E-state index in [1.165, 1.54) is 23.3 Å². The van der Waals surface area contributed by atoms with Crippen molar-refractivity contribution in [3.8, 4) is 5.75 Å². The third kappa shape index (κ3) is 4.89. The van der Waals surface area contributed by atoms with Gasteiger partial charge in [0.2, 0.25) is 5.91 Å². The van der Waals surface area contributed by atoms with Gasteiger partial charge < -0.3 is 4.74 Å². The maximum Gasteiger partial charge on any atom is 0.279 e. The SMILES string of the molecule is CC[C@H]1CCc2sc(C(=O)NNC(=O)CCc3ccccc3OC)cc2C1. The van der Waals surface area contributed by atoms with E-state index < -0.39 is 0 Å². The van der Waals surface area contributed by atoms with Crippen molar-refractivity contribution in [1.29, 1.82) is 0 Å². The topological polar surface area (TPSA) is 67.4 Å². The number of para-hydroxylation sites is 1. The lowest BCUT2D eigenvalue weighted by Gasteiger charge is -2.19. The van der Waals surface area contributed by atoms with Crippen LogP contribution in [0.25, 0.3) is 0 Å². The van der Waals surface area contributed by atoms with Crippen molar-refractivity contribution in [1.82, 2.24) is 10.9 Å². The minimum absolute atomic E-state index is 0.221. The molecule has 1 atom stereocenters. The lowest BCUT2D eigenvalue weighted by atomic mass is 9.87. The predicted octanol–water partition coefficient (Wildman–Crippen LogP) is 3.67. The fourth-order valence-electron chi connectivity index (χ4n) is 3.47. The summed E-state index contributed by atoms with van der Waals surface area (Å²) in [6, 6.07) is 9.60. The van der Waals surface area contributed by atoms with Gasteiger partial charge in [-0.1, -0.05) is 31.5 Å². The van der Waals surface area contributed by atoms with Gasteiger partial charge in [-0.25, -0.2) is 0 Å². The molecule has 0 saturated heterocycles. The molecule has 0 bridgehead atoms. The van der Waals surface area contributed by atoms with E-state index in [2.05, 4.69) is 17.8 Å². The molecule has 0 unspecified atom stereocenters. The van der Waals surface area contributed by atoms with Gasteiger partial charge in [-0.3, -0.25) is 20.4 Å². The van der Waals surface area contributed by atoms with Gasteiger partial charge in [0.25, 0.3) is 5.91 Å². The van der Waals surface area contributed by atoms with Crippen molar-refractivity contribution >= 4 is 23.2 Å². The third-order valence-electron chi connectivity index (χ3n) is 5.12. The fourth-order valence-corrected chi connectivity index (χ4v) is 4.57. The number of hydrogen-bond donors (Lipinski definition) is 2. The molecule has 2 amide bonds. The summed E-state index contributed by atoms with van der Waals surface area (Å²) in [4.78, 5) is 26.4. The highest BCUT2D eigenvalue weighted by molar-refractivity contribution is 7.14. The molecule has 1 aromatic carbocycles. The number of amides is 2. The van der Waals surface area contributed by atoms with Gasteiger partial charge in [0.15, 0.2) is 0 Å². The molecule has 2 aromatic rings. The standard InChI is InChI=1S/C21H26N2O3S/c1-3-14-8-10-18-16(12-14)13-19(27-18)21(25)23-22-20(24)11-9-15-6-4-5-7-17(15)26-2/h4-7,13-14H,3,8-12H2,1-2H3,(H,22,24)(H,23,25)/t14-/m0/s1. The summed E-state index contributed by atoms with van der Waals surface area (Å²) in [5.41, 5.74) is 7.32. The number of ether oxygens (including phenoxy) is 1. The lowest BCUT2D eigenvalue weighted by Crippen LogP contribution is -2.41. The van der Waals surface area contributed by atoms with Crippen LogP contribution in [0.3, 0.4) is 0 Å². The van der Waals surface area contributed by atoms with Crippen LogP contribution < -0.4 is 15.6 Å². The third-order valence-corrected chi connectivity index (χ3v) is 6.35. The number of hydrazine groups is 1. The van der Waals surface area contributed by atoms with Crippen LogP contribution in [0.5, 0.6) is 5.75 Å². The van der Waals surface area contributed by atoms with Crippen LogP contribution in [0.2, 0.25) is 0 Å². The van der Waals surface area contributed by atoms with Gasteiger partial charge in [0.1, 0.15) is 5.75 Å². The van der Waals surface area contributed by atoms with Crippen molar-refractivity contribution in [2.45, 2.75) is 45.4 Å². The van der Waals surface area contributed by atoms with Gasteiger partial charge in [0, 0.05) is 11.3 Å². The number of carbonyl (C=O) groups is 2. The Labute approximate surface area is 164 Å². The Morgan fingerprint density at radius 1 is 1.26 bits per heavy atom. The van der Waals surface area contributed by atoms with E-state index in [1.807, 2.05) is 30.3 Å². The number of carbonyl (C=O) groups excluding carboxylic acids is 2. The van der Waals surface area contributed by atoms with Gasteiger partial charge in [-0.15, -0.1) is 11.3 Å². The van der Waals surface area contributed by atoms with Crippen molar-refractivity contribution in [2.24, 2.45) is 5.92 Å². The van der Waals surface area contributed by atoms with E-state index in [4.69, 9.17) is 4.74 Å². The molecule has 1 heterocycles. The Morgan fingerprint density at radius 3 is 2.85 bits per heavy atom. The van der Waals surface area contributed by atoms with Crippen molar-refractivity contribution < 1.29 is 14.3 Å². The molecule has 6 heteroatoms. The highest BCUT2D eigenvalue weighted by Crippen LogP contribution is 2.33. The second-order valence-corrected chi connectivity index (χ2v) is 8.03. The fraction of sp³-hybridized carbons (Fsp3) is 0.429. The largest absolute Gasteiger partial charge is 0.496 e. The van der Waals surface area contributed by atoms with Crippen LogP contribution in [0.4, 0.5) is 0 Å². The molecular weight excluding hydrogens is 360 g/mol. The Kier molecular flexibility index (Phi) is 6.50. The number of thiophene rings is 1. The Hall–Kier alpha value is -2.34. The van der Waals surface area contributed by atoms with Crippen LogP contribution in [-0.2, 0) is 24.1 Å². The monoisotopic (exact) mass is 386 g/mol. The Morgan fingerprint density at radius 2 is 2.07 bits per heavy atom. The van der Waals surface area contributed by atoms with E-state index >= 15 is 0 Å². The number of aryl methyl sites for hydroxylation is 2. The van der Waals surface area contributed by atoms with Gasteiger partial charge in [-0.05, 0) is 54.9 Å². The smallest absolute Gasteiger partial charge is 0.279 e. The average Bonchev–Trinajstić information content (AvgIpc) is 3.13. The summed E-state index contributed by atoms with van der Waals surface area (Å²) < 4.78 is 5.29. The van der Waals surface area contributed by atoms with Gasteiger partial charge >= 0.3 is 0 Å². The molecule has 1 aliphatic rings. The summed E-state index contributed by atoms with van der Waals surface area (Å²) in [5, 5.41) is 0. The van der Waals surface area contributed by atoms with Crippen LogP contribution in [0, 0.1) is 5.92 Å². The molecule has 0 aliphatic heterocycles. The highest BCUT2D eigenvalue weighted by atomic mass is 32.1. The van der Waals surface area contributed by atoms with Crippen molar-refractivity contribution in [3.05, 3.63) is 51.2 Å². The minimum Gasteiger partial charge on any atom is -0.496 e. The minimum atomic E-state index is -0.243. The number of methoxy groups -OCH3 is 1. The van der Waals surface area contributed by atoms with Crippen LogP contribution >= 0.6 is 11.3 Å². The summed E-state index contributed by atoms with van der Waals surface area (Å²) in [6.07, 6.45) is 5.32. The van der Waals surface area contributed by atoms with Crippen molar-refractivity contribution in [2.75, 3.05) is 7.11 Å². The summed E-state index contributed by atoms with van der Waals surface area (Å²) in [6.45, 7) is 2.22. The number of nitrogens with one attached hydrogen (secondary N) is 2. The molecule has 1 aromatic heterocycles. The number of hydrogen-bond acceptors (Lipinski definition) is 4. The summed E-state index contributed by atoms with van der Waals surface area (Å²) in [5.74, 6) is 1.02.